The van der Waals surface area contributed by atoms with E-state index < -0.39 is 0 Å². The Labute approximate surface area is 135 Å². The molecule has 0 aliphatic heterocycles. The van der Waals surface area contributed by atoms with Crippen LogP contribution in [0.4, 0.5) is 5.69 Å². The number of carbonyl (C=O) groups is 1. The predicted molar refractivity (Wildman–Crippen MR) is 87.4 cm³/mol. The number of carbonyl (C=O) groups excluding carboxylic acids is 1. The Morgan fingerprint density at radius 2 is 2.23 bits per heavy atom. The van der Waals surface area contributed by atoms with E-state index in [9.17, 15) is 4.79 Å². The molecule has 1 amide bonds. The molecule has 0 aliphatic rings. The van der Waals surface area contributed by atoms with Crippen molar-refractivity contribution in [2.45, 2.75) is 32.7 Å². The maximum absolute atomic E-state index is 12.5. The van der Waals surface area contributed by atoms with Crippen LogP contribution in [0.3, 0.4) is 0 Å². The van der Waals surface area contributed by atoms with Gasteiger partial charge in [0.15, 0.2) is 5.75 Å². The summed E-state index contributed by atoms with van der Waals surface area (Å²) in [6.45, 7) is 4.50. The molecule has 0 bridgehead atoms. The lowest BCUT2D eigenvalue weighted by atomic mass is 10.2. The third-order valence-electron chi connectivity index (χ3n) is 3.21. The van der Waals surface area contributed by atoms with E-state index in [1.165, 1.54) is 0 Å². The average Bonchev–Trinajstić information content (AvgIpc) is 3.01. The van der Waals surface area contributed by atoms with Crippen LogP contribution in [0.5, 0.6) is 5.75 Å². The summed E-state index contributed by atoms with van der Waals surface area (Å²) in [6.07, 6.45) is 4.94. The third kappa shape index (κ3) is 3.80. The fourth-order valence-corrected chi connectivity index (χ4v) is 2.36. The largest absolute Gasteiger partial charge is 0.490 e. The number of aromatic nitrogens is 2. The number of ether oxygens (including phenoxy) is 1. The molecule has 5 nitrogen and oxygen atoms in total. The molecular formula is C16H20ClN3O2. The van der Waals surface area contributed by atoms with Crippen LogP contribution in [0.2, 0.25) is 5.02 Å². The molecule has 118 valence electrons. The second-order valence-electron chi connectivity index (χ2n) is 4.86. The first-order chi connectivity index (χ1) is 10.7. The van der Waals surface area contributed by atoms with Gasteiger partial charge in [-0.05, 0) is 31.0 Å². The van der Waals surface area contributed by atoms with Gasteiger partial charge in [-0.25, -0.2) is 0 Å². The minimum Gasteiger partial charge on any atom is -0.490 e. The van der Waals surface area contributed by atoms with Crippen LogP contribution in [0.25, 0.3) is 0 Å². The highest BCUT2D eigenvalue weighted by atomic mass is 35.5. The number of amides is 1. The van der Waals surface area contributed by atoms with Crippen molar-refractivity contribution >= 4 is 23.2 Å². The van der Waals surface area contributed by atoms with Crippen molar-refractivity contribution in [3.05, 3.63) is 41.7 Å². The Hall–Kier alpha value is -2.01. The summed E-state index contributed by atoms with van der Waals surface area (Å²) in [6, 6.07) is 6.74. The summed E-state index contributed by atoms with van der Waals surface area (Å²) in [4.78, 5) is 12.5. The second-order valence-corrected chi connectivity index (χ2v) is 5.27. The molecule has 2 rings (SSSR count). The van der Waals surface area contributed by atoms with Crippen LogP contribution >= 0.6 is 11.6 Å². The highest BCUT2D eigenvalue weighted by Crippen LogP contribution is 2.33. The zero-order valence-corrected chi connectivity index (χ0v) is 13.5. The summed E-state index contributed by atoms with van der Waals surface area (Å²) in [5.41, 5.74) is 0.580. The lowest BCUT2D eigenvalue weighted by molar-refractivity contribution is -0.119. The summed E-state index contributed by atoms with van der Waals surface area (Å²) in [5.74, 6) is 0.365. The molecule has 1 heterocycles. The number of hydrogen-bond acceptors (Lipinski definition) is 3. The molecule has 6 heteroatoms. The van der Waals surface area contributed by atoms with Gasteiger partial charge in [-0.1, -0.05) is 31.5 Å². The summed E-state index contributed by atoms with van der Waals surface area (Å²) < 4.78 is 7.30. The van der Waals surface area contributed by atoms with Crippen LogP contribution in [0.15, 0.2) is 36.7 Å². The SMILES string of the molecule is CCCOc1c(Cl)cccc1NC(=O)C(CC)n1cccn1. The van der Waals surface area contributed by atoms with E-state index in [1.54, 1.807) is 41.3 Å². The number of hydrogen-bond donors (Lipinski definition) is 1. The van der Waals surface area contributed by atoms with Crippen molar-refractivity contribution in [1.29, 1.82) is 0 Å². The normalized spacial score (nSPS) is 12.0. The Kier molecular flexibility index (Phi) is 5.83. The monoisotopic (exact) mass is 321 g/mol. The highest BCUT2D eigenvalue weighted by molar-refractivity contribution is 6.32. The smallest absolute Gasteiger partial charge is 0.249 e. The molecule has 1 unspecified atom stereocenters. The van der Waals surface area contributed by atoms with E-state index in [-0.39, 0.29) is 11.9 Å². The zero-order valence-electron chi connectivity index (χ0n) is 12.8. The van der Waals surface area contributed by atoms with E-state index >= 15 is 0 Å². The number of benzene rings is 1. The lowest BCUT2D eigenvalue weighted by Crippen LogP contribution is -2.26. The average molecular weight is 322 g/mol. The molecule has 0 aliphatic carbocycles. The number of nitrogens with zero attached hydrogens (tertiary/aromatic N) is 2. The van der Waals surface area contributed by atoms with Crippen molar-refractivity contribution in [1.82, 2.24) is 9.78 Å². The molecule has 0 saturated heterocycles. The van der Waals surface area contributed by atoms with E-state index in [2.05, 4.69) is 10.4 Å². The highest BCUT2D eigenvalue weighted by Gasteiger charge is 2.20. The molecule has 1 aromatic heterocycles. The second kappa shape index (κ2) is 7.84. The first kappa shape index (κ1) is 16.4. The zero-order chi connectivity index (χ0) is 15.9. The fourth-order valence-electron chi connectivity index (χ4n) is 2.13. The van der Waals surface area contributed by atoms with Crippen LogP contribution in [-0.4, -0.2) is 22.3 Å². The van der Waals surface area contributed by atoms with Gasteiger partial charge < -0.3 is 10.1 Å². The molecule has 1 atom stereocenters. The minimum absolute atomic E-state index is 0.144. The molecule has 1 aromatic carbocycles. The van der Waals surface area contributed by atoms with Crippen molar-refractivity contribution < 1.29 is 9.53 Å². The van der Waals surface area contributed by atoms with E-state index in [0.29, 0.717) is 29.5 Å². The maximum Gasteiger partial charge on any atom is 0.249 e. The van der Waals surface area contributed by atoms with Crippen LogP contribution in [0, 0.1) is 0 Å². The molecule has 0 radical (unpaired) electrons. The Balaban J connectivity index is 2.19. The van der Waals surface area contributed by atoms with E-state index in [1.807, 2.05) is 13.8 Å². The van der Waals surface area contributed by atoms with E-state index in [4.69, 9.17) is 16.3 Å². The minimum atomic E-state index is -0.368. The molecule has 2 aromatic rings. The van der Waals surface area contributed by atoms with Gasteiger partial charge >= 0.3 is 0 Å². The van der Waals surface area contributed by atoms with Gasteiger partial charge in [-0.2, -0.15) is 5.10 Å². The van der Waals surface area contributed by atoms with Gasteiger partial charge in [-0.3, -0.25) is 9.48 Å². The number of anilines is 1. The van der Waals surface area contributed by atoms with Crippen LogP contribution in [0.1, 0.15) is 32.7 Å². The van der Waals surface area contributed by atoms with Crippen LogP contribution < -0.4 is 10.1 Å². The van der Waals surface area contributed by atoms with Crippen molar-refractivity contribution in [2.24, 2.45) is 0 Å². The molecule has 0 fully saturated rings. The fraction of sp³-hybridized carbons (Fsp3) is 0.375. The first-order valence-electron chi connectivity index (χ1n) is 7.38. The van der Waals surface area contributed by atoms with Gasteiger partial charge in [-0.15, -0.1) is 0 Å². The van der Waals surface area contributed by atoms with Crippen LogP contribution in [-0.2, 0) is 4.79 Å². The Morgan fingerprint density at radius 3 is 2.86 bits per heavy atom. The van der Waals surface area contributed by atoms with Gasteiger partial charge in [0.25, 0.3) is 0 Å². The number of halogens is 1. The van der Waals surface area contributed by atoms with Gasteiger partial charge in [0.05, 0.1) is 17.3 Å². The van der Waals surface area contributed by atoms with Crippen molar-refractivity contribution in [2.75, 3.05) is 11.9 Å². The van der Waals surface area contributed by atoms with Gasteiger partial charge in [0.2, 0.25) is 5.91 Å². The number of rotatable bonds is 7. The standard InChI is InChI=1S/C16H20ClN3O2/c1-3-11-22-15-12(17)7-5-8-13(15)19-16(21)14(4-2)20-10-6-9-18-20/h5-10,14H,3-4,11H2,1-2H3,(H,19,21). The molecule has 1 N–H and O–H groups in total. The predicted octanol–water partition coefficient (Wildman–Crippen LogP) is 3.92. The molecule has 0 saturated carbocycles. The maximum atomic E-state index is 12.5. The van der Waals surface area contributed by atoms with Gasteiger partial charge in [0, 0.05) is 12.4 Å². The quantitative estimate of drug-likeness (QED) is 0.841. The van der Waals surface area contributed by atoms with Crippen molar-refractivity contribution in [3.8, 4) is 5.75 Å². The number of para-hydroxylation sites is 1. The number of nitrogens with one attached hydrogen (secondary N) is 1. The summed E-state index contributed by atoms with van der Waals surface area (Å²) in [5, 5.41) is 7.51. The Morgan fingerprint density at radius 1 is 1.41 bits per heavy atom. The third-order valence-corrected chi connectivity index (χ3v) is 3.51. The topological polar surface area (TPSA) is 56.1 Å². The molecule has 0 spiro atoms. The van der Waals surface area contributed by atoms with Crippen molar-refractivity contribution in [3.63, 3.8) is 0 Å². The molecule has 22 heavy (non-hydrogen) atoms. The summed E-state index contributed by atoms with van der Waals surface area (Å²) in [7, 11) is 0. The summed E-state index contributed by atoms with van der Waals surface area (Å²) >= 11 is 6.17. The Bertz CT molecular complexity index is 614. The first-order valence-corrected chi connectivity index (χ1v) is 7.76. The lowest BCUT2D eigenvalue weighted by Gasteiger charge is -2.18. The van der Waals surface area contributed by atoms with Gasteiger partial charge in [0.1, 0.15) is 6.04 Å². The molecular weight excluding hydrogens is 302 g/mol. The van der Waals surface area contributed by atoms with E-state index in [0.717, 1.165) is 6.42 Å².